The number of methoxy groups -OCH3 is 2. The number of ether oxygens (including phenoxy) is 2. The second kappa shape index (κ2) is 7.30. The van der Waals surface area contributed by atoms with Crippen LogP contribution in [0.2, 0.25) is 0 Å². The summed E-state index contributed by atoms with van der Waals surface area (Å²) in [6, 6.07) is 7.49. The van der Waals surface area contributed by atoms with Crippen molar-refractivity contribution in [3.63, 3.8) is 0 Å². The fourth-order valence-electron chi connectivity index (χ4n) is 1.48. The predicted octanol–water partition coefficient (Wildman–Crippen LogP) is 1.22. The lowest BCUT2D eigenvalue weighted by Crippen LogP contribution is -2.18. The van der Waals surface area contributed by atoms with Gasteiger partial charge in [0.25, 0.3) is 0 Å². The summed E-state index contributed by atoms with van der Waals surface area (Å²) in [5.41, 5.74) is 1.47. The van der Waals surface area contributed by atoms with Gasteiger partial charge in [-0.2, -0.15) is 5.26 Å². The number of nitrogens with zero attached hydrogens (tertiary/aromatic N) is 1. The number of nitriles is 1. The highest BCUT2D eigenvalue weighted by molar-refractivity contribution is 5.69. The quantitative estimate of drug-likeness (QED) is 0.605. The van der Waals surface area contributed by atoms with Crippen molar-refractivity contribution >= 4 is 5.97 Å². The Labute approximate surface area is 106 Å². The Morgan fingerprint density at radius 2 is 2.22 bits per heavy atom. The number of esters is 1. The molecule has 0 atom stereocenters. The monoisotopic (exact) mass is 248 g/mol. The van der Waals surface area contributed by atoms with Gasteiger partial charge in [0.15, 0.2) is 0 Å². The molecule has 18 heavy (non-hydrogen) atoms. The van der Waals surface area contributed by atoms with Gasteiger partial charge >= 0.3 is 5.97 Å². The van der Waals surface area contributed by atoms with Gasteiger partial charge in [-0.1, -0.05) is 6.07 Å². The van der Waals surface area contributed by atoms with Crippen molar-refractivity contribution in [1.29, 1.82) is 5.26 Å². The highest BCUT2D eigenvalue weighted by Crippen LogP contribution is 2.18. The van der Waals surface area contributed by atoms with E-state index in [2.05, 4.69) is 16.1 Å². The van der Waals surface area contributed by atoms with Gasteiger partial charge in [0.05, 0.1) is 26.2 Å². The van der Waals surface area contributed by atoms with Crippen LogP contribution in [0, 0.1) is 11.3 Å². The lowest BCUT2D eigenvalue weighted by Gasteiger charge is -2.07. The molecular formula is C13H16N2O3. The number of rotatable bonds is 6. The zero-order valence-corrected chi connectivity index (χ0v) is 10.5. The van der Waals surface area contributed by atoms with Crippen LogP contribution in [0.3, 0.4) is 0 Å². The minimum atomic E-state index is -0.241. The van der Waals surface area contributed by atoms with E-state index in [0.717, 1.165) is 5.56 Å². The Balaban J connectivity index is 2.48. The first kappa shape index (κ1) is 14.0. The number of hydrogen-bond acceptors (Lipinski definition) is 5. The summed E-state index contributed by atoms with van der Waals surface area (Å²) in [7, 11) is 2.90. The second-order valence-electron chi connectivity index (χ2n) is 3.65. The van der Waals surface area contributed by atoms with Gasteiger partial charge in [-0.3, -0.25) is 4.79 Å². The first-order chi connectivity index (χ1) is 8.71. The van der Waals surface area contributed by atoms with E-state index in [0.29, 0.717) is 30.8 Å². The van der Waals surface area contributed by atoms with Gasteiger partial charge in [0.2, 0.25) is 0 Å². The largest absolute Gasteiger partial charge is 0.495 e. The maximum atomic E-state index is 10.9. The van der Waals surface area contributed by atoms with Crippen molar-refractivity contribution in [3.8, 4) is 11.8 Å². The van der Waals surface area contributed by atoms with Gasteiger partial charge in [-0.15, -0.1) is 0 Å². The summed E-state index contributed by atoms with van der Waals surface area (Å²) in [6.07, 6.45) is 0.331. The standard InChI is InChI=1S/C13H16N2O3/c1-17-12-4-3-10(7-11(12)8-14)9-15-6-5-13(16)18-2/h3-4,7,15H,5-6,9H2,1-2H3. The number of hydrogen-bond donors (Lipinski definition) is 1. The van der Waals surface area contributed by atoms with E-state index in [-0.39, 0.29) is 5.97 Å². The maximum Gasteiger partial charge on any atom is 0.306 e. The van der Waals surface area contributed by atoms with Crippen molar-refractivity contribution in [2.24, 2.45) is 0 Å². The summed E-state index contributed by atoms with van der Waals surface area (Å²) in [5.74, 6) is 0.325. The van der Waals surface area contributed by atoms with E-state index < -0.39 is 0 Å². The van der Waals surface area contributed by atoms with Crippen LogP contribution >= 0.6 is 0 Å². The molecule has 1 N–H and O–H groups in total. The molecule has 0 unspecified atom stereocenters. The molecule has 0 saturated carbocycles. The van der Waals surface area contributed by atoms with Gasteiger partial charge in [0.1, 0.15) is 11.8 Å². The average Bonchev–Trinajstić information content (AvgIpc) is 2.42. The molecule has 0 aromatic heterocycles. The minimum absolute atomic E-state index is 0.241. The van der Waals surface area contributed by atoms with Crippen LogP contribution < -0.4 is 10.1 Å². The van der Waals surface area contributed by atoms with Crippen LogP contribution in [0.5, 0.6) is 5.75 Å². The molecule has 0 aliphatic rings. The first-order valence-corrected chi connectivity index (χ1v) is 5.55. The van der Waals surface area contributed by atoms with Gasteiger partial charge in [0, 0.05) is 13.1 Å². The maximum absolute atomic E-state index is 10.9. The summed E-state index contributed by atoms with van der Waals surface area (Å²) < 4.78 is 9.59. The molecule has 0 heterocycles. The Morgan fingerprint density at radius 1 is 1.44 bits per heavy atom. The van der Waals surface area contributed by atoms with E-state index in [1.165, 1.54) is 14.2 Å². The molecular weight excluding hydrogens is 232 g/mol. The fraction of sp³-hybridized carbons (Fsp3) is 0.385. The molecule has 0 bridgehead atoms. The van der Waals surface area contributed by atoms with E-state index in [9.17, 15) is 4.79 Å². The fourth-order valence-corrected chi connectivity index (χ4v) is 1.48. The third kappa shape index (κ3) is 4.07. The van der Waals surface area contributed by atoms with Crippen LogP contribution in [0.25, 0.3) is 0 Å². The molecule has 5 heteroatoms. The molecule has 1 rings (SSSR count). The molecule has 5 nitrogen and oxygen atoms in total. The highest BCUT2D eigenvalue weighted by Gasteiger charge is 2.04. The summed E-state index contributed by atoms with van der Waals surface area (Å²) in [5, 5.41) is 12.0. The number of benzene rings is 1. The second-order valence-corrected chi connectivity index (χ2v) is 3.65. The van der Waals surface area contributed by atoms with Crippen molar-refractivity contribution in [2.45, 2.75) is 13.0 Å². The predicted molar refractivity (Wildman–Crippen MR) is 66.0 cm³/mol. The molecule has 0 fully saturated rings. The summed E-state index contributed by atoms with van der Waals surface area (Å²) in [6.45, 7) is 1.14. The Morgan fingerprint density at radius 3 is 2.83 bits per heavy atom. The minimum Gasteiger partial charge on any atom is -0.495 e. The Hall–Kier alpha value is -2.06. The molecule has 0 aliphatic heterocycles. The average molecular weight is 248 g/mol. The lowest BCUT2D eigenvalue weighted by atomic mass is 10.1. The van der Waals surface area contributed by atoms with E-state index >= 15 is 0 Å². The van der Waals surface area contributed by atoms with Crippen LogP contribution in [0.1, 0.15) is 17.5 Å². The molecule has 0 saturated heterocycles. The van der Waals surface area contributed by atoms with Crippen molar-refractivity contribution in [3.05, 3.63) is 29.3 Å². The third-order valence-electron chi connectivity index (χ3n) is 2.45. The smallest absolute Gasteiger partial charge is 0.306 e. The summed E-state index contributed by atoms with van der Waals surface area (Å²) >= 11 is 0. The first-order valence-electron chi connectivity index (χ1n) is 5.55. The Kier molecular flexibility index (Phi) is 5.68. The molecule has 0 radical (unpaired) electrons. The molecule has 0 spiro atoms. The van der Waals surface area contributed by atoms with Crippen LogP contribution in [0.15, 0.2) is 18.2 Å². The van der Waals surface area contributed by atoms with Crippen LogP contribution in [0.4, 0.5) is 0 Å². The van der Waals surface area contributed by atoms with Gasteiger partial charge < -0.3 is 14.8 Å². The zero-order valence-electron chi connectivity index (χ0n) is 10.5. The van der Waals surface area contributed by atoms with Crippen molar-refractivity contribution < 1.29 is 14.3 Å². The van der Waals surface area contributed by atoms with E-state index in [1.54, 1.807) is 12.1 Å². The van der Waals surface area contributed by atoms with Crippen molar-refractivity contribution in [2.75, 3.05) is 20.8 Å². The zero-order chi connectivity index (χ0) is 13.4. The molecule has 0 amide bonds. The van der Waals surface area contributed by atoms with Crippen LogP contribution in [-0.2, 0) is 16.1 Å². The number of nitrogens with one attached hydrogen (secondary N) is 1. The summed E-state index contributed by atoms with van der Waals surface area (Å²) in [4.78, 5) is 10.9. The van der Waals surface area contributed by atoms with Gasteiger partial charge in [-0.25, -0.2) is 0 Å². The normalized spacial score (nSPS) is 9.61. The SMILES string of the molecule is COC(=O)CCNCc1ccc(OC)c(C#N)c1. The van der Waals surface area contributed by atoms with Crippen molar-refractivity contribution in [1.82, 2.24) is 5.32 Å². The molecule has 0 aliphatic carbocycles. The molecule has 1 aromatic rings. The topological polar surface area (TPSA) is 71.3 Å². The van der Waals surface area contributed by atoms with Gasteiger partial charge in [-0.05, 0) is 17.7 Å². The highest BCUT2D eigenvalue weighted by atomic mass is 16.5. The molecule has 1 aromatic carbocycles. The third-order valence-corrected chi connectivity index (χ3v) is 2.45. The van der Waals surface area contributed by atoms with E-state index in [4.69, 9.17) is 10.00 Å². The number of carbonyl (C=O) groups is 1. The van der Waals surface area contributed by atoms with E-state index in [1.807, 2.05) is 6.07 Å². The Bertz CT molecular complexity index is 452. The lowest BCUT2D eigenvalue weighted by molar-refractivity contribution is -0.140. The number of carbonyl (C=O) groups excluding carboxylic acids is 1. The molecule has 96 valence electrons. The van der Waals surface area contributed by atoms with Crippen LogP contribution in [-0.4, -0.2) is 26.7 Å².